The molecule has 0 aromatic carbocycles. The van der Waals surface area contributed by atoms with Gasteiger partial charge in [0.15, 0.2) is 0 Å². The minimum Gasteiger partial charge on any atom is -0.465 e. The minimum absolute atomic E-state index is 0.0271. The Labute approximate surface area is 628 Å². The Balaban J connectivity index is -0.000000637. The lowest BCUT2D eigenvalue weighted by Gasteiger charge is -2.26. The van der Waals surface area contributed by atoms with Crippen LogP contribution in [-0.4, -0.2) is 311 Å². The summed E-state index contributed by atoms with van der Waals surface area (Å²) in [5.41, 5.74) is -0.0407. The van der Waals surface area contributed by atoms with Crippen LogP contribution in [0.2, 0.25) is 0 Å². The van der Waals surface area contributed by atoms with Crippen molar-refractivity contribution in [2.45, 2.75) is 150 Å². The molecule has 0 fully saturated rings. The van der Waals surface area contributed by atoms with Crippen LogP contribution in [-0.2, 0) is 87.3 Å². The molecule has 101 heavy (non-hydrogen) atoms. The number of hydrogen-bond acceptors (Lipinski definition) is 24. The van der Waals surface area contributed by atoms with Gasteiger partial charge in [-0.05, 0) is 122 Å². The monoisotopic (exact) mass is 1590 g/mol. The summed E-state index contributed by atoms with van der Waals surface area (Å²) in [6.45, 7) is 43.9. The van der Waals surface area contributed by atoms with E-state index in [1.165, 1.54) is 54.9 Å². The van der Waals surface area contributed by atoms with E-state index in [4.69, 9.17) is 18.9 Å². The van der Waals surface area contributed by atoms with E-state index in [1.54, 1.807) is 60.3 Å². The molecule has 0 aliphatic rings. The van der Waals surface area contributed by atoms with Gasteiger partial charge >= 0.3 is 45.0 Å². The first-order valence-corrected chi connectivity index (χ1v) is 44.4. The number of amides is 8. The zero-order valence-corrected chi connectivity index (χ0v) is 70.1. The molecule has 0 aromatic rings. The second-order valence-electron chi connectivity index (χ2n) is 21.8. The first-order valence-electron chi connectivity index (χ1n) is 34.7. The molecule has 592 valence electrons. The second-order valence-corrected chi connectivity index (χ2v) is 32.0. The topological polar surface area (TPSA) is 348 Å². The molecule has 1 N–H and O–H groups in total. The summed E-state index contributed by atoms with van der Waals surface area (Å²) < 4.78 is 78.8. The number of nitrogens with one attached hydrogen (secondary N) is 1. The van der Waals surface area contributed by atoms with Gasteiger partial charge in [0.05, 0.1) is 30.2 Å². The Morgan fingerprint density at radius 3 is 0.950 bits per heavy atom. The Kier molecular flexibility index (Phi) is 65.5. The van der Waals surface area contributed by atoms with Crippen LogP contribution in [0.4, 0.5) is 38.4 Å². The van der Waals surface area contributed by atoms with Crippen LogP contribution >= 0.6 is 35.3 Å². The SMILES string of the molecule is CCN(CC)C(=O)S(=O)CCC(=O)OCCOC(=O)CCS(=O)C(=O)N(CC)CC.CCN(CC)C(=O)S(=O)CCOC(=O)CCCNC(=O)OCCS(=O)C(=O)N(CC)CC.CCN(CC)C(=O)SCC(C)(C)CSC(=O)N(CC)CC.CCN(CC)CS(=O)CCSC(=O)N(CC)CC. The molecule has 0 aliphatic carbocycles. The van der Waals surface area contributed by atoms with Crippen LogP contribution in [0.25, 0.3) is 0 Å². The number of carbonyl (C=O) groups is 11. The number of ether oxygens (including phenoxy) is 4. The number of thioether (sulfide) groups is 3. The van der Waals surface area contributed by atoms with Gasteiger partial charge in [-0.1, -0.05) is 63.0 Å². The molecule has 0 aromatic heterocycles. The highest BCUT2D eigenvalue weighted by Crippen LogP contribution is 2.29. The van der Waals surface area contributed by atoms with E-state index >= 15 is 0 Å². The fourth-order valence-electron chi connectivity index (χ4n) is 7.82. The van der Waals surface area contributed by atoms with Crippen molar-refractivity contribution in [3.8, 4) is 0 Å². The molecular weight excluding hydrogens is 1470 g/mol. The van der Waals surface area contributed by atoms with Gasteiger partial charge in [-0.15, -0.1) is 0 Å². The van der Waals surface area contributed by atoms with Crippen molar-refractivity contribution in [2.75, 3.05) is 190 Å². The molecule has 0 radical (unpaired) electrons. The Bertz CT molecular complexity index is 2390. The van der Waals surface area contributed by atoms with Crippen molar-refractivity contribution in [2.24, 2.45) is 5.41 Å². The van der Waals surface area contributed by atoms with Crippen molar-refractivity contribution >= 4 is 150 Å². The summed E-state index contributed by atoms with van der Waals surface area (Å²) in [6.07, 6.45) is -0.808. The van der Waals surface area contributed by atoms with Crippen LogP contribution in [0.15, 0.2) is 0 Å². The molecular formula is C64H123N9O20S8. The molecule has 0 aliphatic heterocycles. The van der Waals surface area contributed by atoms with E-state index in [0.717, 1.165) is 63.9 Å². The highest BCUT2D eigenvalue weighted by atomic mass is 32.2. The van der Waals surface area contributed by atoms with Gasteiger partial charge in [0.25, 0.3) is 15.7 Å². The van der Waals surface area contributed by atoms with Crippen molar-refractivity contribution in [1.29, 1.82) is 0 Å². The third kappa shape index (κ3) is 50.0. The average molecular weight is 1600 g/mol. The standard InChI is InChI=1S/C19H35N3O8S2.C18H32N2O8S2.C15H30N2O2S2.C12H26N2O2S2/c1-5-21(6-2)18(25)31(27)14-12-29-16(23)10-9-11-20-17(24)30-13-15-32(28)19(26)22(7-3)8-4;1-5-19(6-2)17(23)29(25)13-9-15(21)27-11-12-28-16(22)10-14-30(26)18(24)20(7-3)8-4;1-7-16(8-2)13(18)20-11-15(5,6)12-21-14(19)17(9-3)10-4;1-5-13(6-2)11-18(16)10-9-17-12(15)14(7-3)8-4/h5-15H2,1-4H3,(H,20,24);5-14H2,1-4H3;7-12H2,1-6H3;5-11H2,1-4H3. The van der Waals surface area contributed by atoms with Crippen molar-refractivity contribution in [3.63, 3.8) is 0 Å². The summed E-state index contributed by atoms with van der Waals surface area (Å²) in [4.78, 5) is 143. The van der Waals surface area contributed by atoms with Crippen molar-refractivity contribution in [1.82, 2.24) is 44.5 Å². The van der Waals surface area contributed by atoms with Gasteiger partial charge in [-0.3, -0.25) is 57.1 Å². The second kappa shape index (κ2) is 64.1. The summed E-state index contributed by atoms with van der Waals surface area (Å²) in [7, 11) is -7.97. The van der Waals surface area contributed by atoms with Crippen LogP contribution in [0.3, 0.4) is 0 Å². The predicted octanol–water partition coefficient (Wildman–Crippen LogP) is 9.36. The fraction of sp³-hybridized carbons (Fsp3) is 0.828. The first-order chi connectivity index (χ1) is 47.8. The van der Waals surface area contributed by atoms with Gasteiger partial charge in [-0.25, -0.2) is 21.6 Å². The van der Waals surface area contributed by atoms with Gasteiger partial charge < -0.3 is 58.6 Å². The lowest BCUT2D eigenvalue weighted by molar-refractivity contribution is -0.151. The molecule has 0 heterocycles. The van der Waals surface area contributed by atoms with E-state index in [9.17, 15) is 73.8 Å². The third-order valence-electron chi connectivity index (χ3n) is 14.3. The number of hydrogen-bond donors (Lipinski definition) is 1. The highest BCUT2D eigenvalue weighted by Gasteiger charge is 2.26. The van der Waals surface area contributed by atoms with E-state index in [2.05, 4.69) is 37.9 Å². The van der Waals surface area contributed by atoms with E-state index in [0.29, 0.717) is 76.2 Å². The van der Waals surface area contributed by atoms with Crippen LogP contribution in [0.1, 0.15) is 150 Å². The van der Waals surface area contributed by atoms with Gasteiger partial charge in [0.2, 0.25) is 0 Å². The van der Waals surface area contributed by atoms with Crippen molar-refractivity contribution < 1.29 is 92.7 Å². The Morgan fingerprint density at radius 2 is 0.634 bits per heavy atom. The zero-order chi connectivity index (χ0) is 78.1. The predicted molar refractivity (Wildman–Crippen MR) is 413 cm³/mol. The minimum atomic E-state index is -1.81. The van der Waals surface area contributed by atoms with Gasteiger partial charge in [0, 0.05) is 150 Å². The summed E-state index contributed by atoms with van der Waals surface area (Å²) in [5, 5.41) is 0.806. The van der Waals surface area contributed by atoms with Crippen LogP contribution in [0.5, 0.6) is 0 Å². The molecule has 5 unspecified atom stereocenters. The molecule has 0 saturated heterocycles. The molecule has 37 heteroatoms. The third-order valence-corrected chi connectivity index (χ3v) is 24.5. The van der Waals surface area contributed by atoms with Gasteiger partial charge in [-0.2, -0.15) is 0 Å². The molecule has 29 nitrogen and oxygen atoms in total. The maximum absolute atomic E-state index is 12.0. The van der Waals surface area contributed by atoms with Crippen molar-refractivity contribution in [3.05, 3.63) is 0 Å². The molecule has 0 rings (SSSR count). The van der Waals surface area contributed by atoms with E-state index in [-0.39, 0.29) is 96.4 Å². The fourth-order valence-corrected chi connectivity index (χ4v) is 16.7. The molecule has 5 atom stereocenters. The number of alkyl carbamates (subject to hydrolysis) is 1. The quantitative estimate of drug-likeness (QED) is 0.0337. The largest absolute Gasteiger partial charge is 0.465 e. The lowest BCUT2D eigenvalue weighted by Crippen LogP contribution is -2.34. The molecule has 8 amide bonds. The average Bonchev–Trinajstić information content (AvgIpc) is 0.941. The summed E-state index contributed by atoms with van der Waals surface area (Å²) >= 11 is 4.00. The van der Waals surface area contributed by atoms with Gasteiger partial charge in [0.1, 0.15) is 69.6 Å². The van der Waals surface area contributed by atoms with Crippen LogP contribution in [0, 0.1) is 5.41 Å². The lowest BCUT2D eigenvalue weighted by atomic mass is 10.0. The normalized spacial score (nSPS) is 12.3. The molecule has 0 spiro atoms. The smallest absolute Gasteiger partial charge is 0.407 e. The number of rotatable bonds is 44. The number of esters is 3. The summed E-state index contributed by atoms with van der Waals surface area (Å²) in [5.74, 6) is 1.05. The molecule has 0 bridgehead atoms. The maximum atomic E-state index is 12.0. The zero-order valence-electron chi connectivity index (χ0n) is 63.6. The summed E-state index contributed by atoms with van der Waals surface area (Å²) in [6, 6.07) is 0. The first kappa shape index (κ1) is 103. The number of carbonyl (C=O) groups excluding carboxylic acids is 11. The number of nitrogens with zero attached hydrogens (tertiary/aromatic N) is 8. The van der Waals surface area contributed by atoms with E-state index in [1.807, 2.05) is 51.3 Å². The Morgan fingerprint density at radius 1 is 0.347 bits per heavy atom. The molecule has 0 saturated carbocycles. The van der Waals surface area contributed by atoms with E-state index < -0.39 is 99.0 Å². The highest BCUT2D eigenvalue weighted by molar-refractivity contribution is 8.14. The van der Waals surface area contributed by atoms with Crippen LogP contribution < -0.4 is 5.32 Å². The maximum Gasteiger partial charge on any atom is 0.407 e. The Hall–Kier alpha value is -4.27.